The summed E-state index contributed by atoms with van der Waals surface area (Å²) in [5.41, 5.74) is 1.22. The van der Waals surface area contributed by atoms with E-state index < -0.39 is 26.5 Å². The van der Waals surface area contributed by atoms with Crippen LogP contribution in [0, 0.1) is 13.7 Å². The van der Waals surface area contributed by atoms with E-state index in [-0.39, 0.29) is 22.1 Å². The Kier molecular flexibility index (Phi) is 9.00. The van der Waals surface area contributed by atoms with E-state index >= 15 is 0 Å². The van der Waals surface area contributed by atoms with Gasteiger partial charge in [0.2, 0.25) is 0 Å². The number of rotatable bonds is 10. The fourth-order valence-electron chi connectivity index (χ4n) is 3.82. The highest BCUT2D eigenvalue weighted by Gasteiger charge is 2.39. The molecule has 2 N–H and O–H groups in total. The number of benzene rings is 4. The first-order chi connectivity index (χ1) is 19.6. The lowest BCUT2D eigenvalue weighted by atomic mass is 9.85. The van der Waals surface area contributed by atoms with Crippen molar-refractivity contribution in [2.24, 2.45) is 5.10 Å². The van der Waals surface area contributed by atoms with E-state index in [1.165, 1.54) is 19.4 Å². The molecule has 0 atom stereocenters. The van der Waals surface area contributed by atoms with Crippen molar-refractivity contribution in [1.29, 1.82) is 0 Å². The van der Waals surface area contributed by atoms with Crippen LogP contribution in [0.2, 0.25) is 0 Å². The molecule has 4 aromatic rings. The van der Waals surface area contributed by atoms with Gasteiger partial charge in [-0.15, -0.1) is 0 Å². The zero-order chi connectivity index (χ0) is 29.6. The number of non-ortho nitro benzene ring substituents is 1. The quantitative estimate of drug-likeness (QED) is 0.0819. The Morgan fingerprint density at radius 1 is 1.00 bits per heavy atom. The SMILES string of the molecule is COc1cc(/C=N\NC(=O)C(O)(c2ccccc2)c2ccccc2)cc(I)c1OS(=O)(=O)c1ccc([N+](=O)[O-])cc1. The average Bonchev–Trinajstić information content (AvgIpc) is 2.98. The number of carbonyl (C=O) groups excluding carboxylic acids is 1. The average molecular weight is 687 g/mol. The fraction of sp³-hybridized carbons (Fsp3) is 0.0714. The summed E-state index contributed by atoms with van der Waals surface area (Å²) in [7, 11) is -3.03. The summed E-state index contributed by atoms with van der Waals surface area (Å²) in [5.74, 6) is -0.836. The molecule has 0 fully saturated rings. The highest BCUT2D eigenvalue weighted by molar-refractivity contribution is 14.1. The van der Waals surface area contributed by atoms with Gasteiger partial charge in [-0.25, -0.2) is 5.43 Å². The summed E-state index contributed by atoms with van der Waals surface area (Å²) in [6.45, 7) is 0. The van der Waals surface area contributed by atoms with Crippen molar-refractivity contribution >= 4 is 50.5 Å². The Morgan fingerprint density at radius 3 is 2.07 bits per heavy atom. The second-order valence-corrected chi connectivity index (χ2v) is 11.2. The molecule has 0 aliphatic heterocycles. The molecule has 0 saturated heterocycles. The summed E-state index contributed by atoms with van der Waals surface area (Å²) >= 11 is 1.85. The number of amides is 1. The van der Waals surface area contributed by atoms with Gasteiger partial charge in [0.15, 0.2) is 17.1 Å². The minimum Gasteiger partial charge on any atom is -0.493 e. The zero-order valence-electron chi connectivity index (χ0n) is 21.3. The molecule has 0 spiro atoms. The molecule has 11 nitrogen and oxygen atoms in total. The van der Waals surface area contributed by atoms with Gasteiger partial charge in [-0.05, 0) is 63.5 Å². The molecule has 13 heteroatoms. The highest BCUT2D eigenvalue weighted by Crippen LogP contribution is 2.36. The molecule has 0 aromatic heterocycles. The van der Waals surface area contributed by atoms with E-state index in [0.29, 0.717) is 20.3 Å². The second-order valence-electron chi connectivity index (χ2n) is 8.46. The number of halogens is 1. The number of hydrogen-bond acceptors (Lipinski definition) is 9. The van der Waals surface area contributed by atoms with Gasteiger partial charge in [0.05, 0.1) is 21.8 Å². The van der Waals surface area contributed by atoms with Crippen molar-refractivity contribution in [3.8, 4) is 11.5 Å². The molecule has 0 bridgehead atoms. The van der Waals surface area contributed by atoms with E-state index in [1.807, 2.05) is 22.6 Å². The first-order valence-corrected chi connectivity index (χ1v) is 14.3. The fourth-order valence-corrected chi connectivity index (χ4v) is 5.66. The van der Waals surface area contributed by atoms with Crippen molar-refractivity contribution < 1.29 is 32.2 Å². The molecule has 41 heavy (non-hydrogen) atoms. The van der Waals surface area contributed by atoms with Crippen LogP contribution in [0.3, 0.4) is 0 Å². The van der Waals surface area contributed by atoms with Crippen LogP contribution < -0.4 is 14.3 Å². The zero-order valence-corrected chi connectivity index (χ0v) is 24.3. The molecule has 0 heterocycles. The van der Waals surface area contributed by atoms with Crippen LogP contribution in [0.4, 0.5) is 5.69 Å². The molecule has 0 unspecified atom stereocenters. The molecule has 4 rings (SSSR count). The van der Waals surface area contributed by atoms with Gasteiger partial charge in [0, 0.05) is 12.1 Å². The first kappa shape index (κ1) is 29.6. The largest absolute Gasteiger partial charge is 0.493 e. The lowest BCUT2D eigenvalue weighted by molar-refractivity contribution is -0.384. The summed E-state index contributed by atoms with van der Waals surface area (Å²) < 4.78 is 36.6. The molecule has 0 radical (unpaired) electrons. The van der Waals surface area contributed by atoms with Gasteiger partial charge < -0.3 is 14.0 Å². The minimum atomic E-state index is -4.35. The maximum absolute atomic E-state index is 13.2. The van der Waals surface area contributed by atoms with Crippen molar-refractivity contribution in [1.82, 2.24) is 5.43 Å². The summed E-state index contributed by atoms with van der Waals surface area (Å²) in [4.78, 5) is 23.2. The number of ether oxygens (including phenoxy) is 1. The van der Waals surface area contributed by atoms with E-state index in [4.69, 9.17) is 8.92 Å². The standard InChI is InChI=1S/C28H22IN3O8S/c1-39-25-17-19(16-24(29)26(25)40-41(37,38)23-14-12-22(13-15-23)32(35)36)18-30-31-27(33)28(34,20-8-4-2-5-9-20)21-10-6-3-7-11-21/h2-18,34H,1H3,(H,31,33)/b30-18-. The van der Waals surface area contributed by atoms with Gasteiger partial charge in [-0.2, -0.15) is 13.5 Å². The number of nitrogens with one attached hydrogen (secondary N) is 1. The van der Waals surface area contributed by atoms with Crippen LogP contribution in [0.25, 0.3) is 0 Å². The Hall–Kier alpha value is -4.34. The number of nitro groups is 1. The van der Waals surface area contributed by atoms with Gasteiger partial charge in [-0.3, -0.25) is 14.9 Å². The van der Waals surface area contributed by atoms with E-state index in [9.17, 15) is 28.4 Å². The number of hydrogen-bond donors (Lipinski definition) is 2. The van der Waals surface area contributed by atoms with E-state index in [0.717, 1.165) is 24.3 Å². The highest BCUT2D eigenvalue weighted by atomic mass is 127. The Balaban J connectivity index is 1.56. The maximum atomic E-state index is 13.2. The molecule has 210 valence electrons. The number of aliphatic hydroxyl groups is 1. The van der Waals surface area contributed by atoms with Crippen molar-refractivity contribution in [2.45, 2.75) is 10.5 Å². The van der Waals surface area contributed by atoms with Crippen molar-refractivity contribution in [3.63, 3.8) is 0 Å². The smallest absolute Gasteiger partial charge is 0.339 e. The van der Waals surface area contributed by atoms with E-state index in [2.05, 4.69) is 10.5 Å². The summed E-state index contributed by atoms with van der Waals surface area (Å²) in [5, 5.41) is 26.4. The van der Waals surface area contributed by atoms with Crippen molar-refractivity contribution in [3.05, 3.63) is 127 Å². The third-order valence-electron chi connectivity index (χ3n) is 5.87. The number of nitrogens with zero attached hydrogens (tertiary/aromatic N) is 2. The van der Waals surface area contributed by atoms with Crippen LogP contribution >= 0.6 is 22.6 Å². The molecule has 1 amide bonds. The van der Waals surface area contributed by atoms with Gasteiger partial charge >= 0.3 is 10.1 Å². The van der Waals surface area contributed by atoms with Crippen LogP contribution in [0.15, 0.2) is 107 Å². The number of carbonyl (C=O) groups is 1. The summed E-state index contributed by atoms with van der Waals surface area (Å²) in [6, 6.07) is 24.1. The Bertz CT molecular complexity index is 1660. The number of hydrazone groups is 1. The van der Waals surface area contributed by atoms with Gasteiger partial charge in [0.1, 0.15) is 4.90 Å². The van der Waals surface area contributed by atoms with Crippen LogP contribution in [-0.2, 0) is 20.5 Å². The van der Waals surface area contributed by atoms with Crippen LogP contribution in [-0.4, -0.2) is 37.7 Å². The van der Waals surface area contributed by atoms with E-state index in [1.54, 1.807) is 66.7 Å². The molecular weight excluding hydrogens is 665 g/mol. The van der Waals surface area contributed by atoms with Crippen molar-refractivity contribution in [2.75, 3.05) is 7.11 Å². The molecule has 4 aromatic carbocycles. The lowest BCUT2D eigenvalue weighted by Crippen LogP contribution is -2.43. The van der Waals surface area contributed by atoms with Crippen LogP contribution in [0.5, 0.6) is 11.5 Å². The number of nitro benzene ring substituents is 1. The molecule has 0 saturated carbocycles. The molecule has 0 aliphatic carbocycles. The van der Waals surface area contributed by atoms with Gasteiger partial charge in [-0.1, -0.05) is 60.7 Å². The predicted octanol–water partition coefficient (Wildman–Crippen LogP) is 4.36. The Morgan fingerprint density at radius 2 is 1.56 bits per heavy atom. The normalized spacial score (nSPS) is 11.7. The molecular formula is C28H22IN3O8S. The van der Waals surface area contributed by atoms with Gasteiger partial charge in [0.25, 0.3) is 11.6 Å². The predicted molar refractivity (Wildman–Crippen MR) is 158 cm³/mol. The minimum absolute atomic E-state index is 0.0558. The third kappa shape index (κ3) is 6.53. The van der Waals surface area contributed by atoms with Crippen LogP contribution in [0.1, 0.15) is 16.7 Å². The maximum Gasteiger partial charge on any atom is 0.339 e. The summed E-state index contributed by atoms with van der Waals surface area (Å²) in [6.07, 6.45) is 1.30. The first-order valence-electron chi connectivity index (χ1n) is 11.8. The lowest BCUT2D eigenvalue weighted by Gasteiger charge is -2.27. The Labute approximate surface area is 248 Å². The third-order valence-corrected chi connectivity index (χ3v) is 7.91. The molecule has 0 aliphatic rings. The monoisotopic (exact) mass is 687 g/mol. The number of methoxy groups -OCH3 is 1. The topological polar surface area (TPSA) is 157 Å². The second kappa shape index (κ2) is 12.4.